The van der Waals surface area contributed by atoms with Crippen LogP contribution in [0.4, 0.5) is 0 Å². The fourth-order valence-corrected chi connectivity index (χ4v) is 4.85. The molecule has 0 bridgehead atoms. The van der Waals surface area contributed by atoms with E-state index in [0.29, 0.717) is 71.5 Å². The third-order valence-electron chi connectivity index (χ3n) is 7.57. The maximum absolute atomic E-state index is 12.2. The molecule has 0 saturated carbocycles. The molecule has 0 aromatic carbocycles. The molecule has 0 saturated heterocycles. The van der Waals surface area contributed by atoms with Crippen molar-refractivity contribution in [1.29, 1.82) is 0 Å². The number of carbonyl (C=O) groups excluding carboxylic acids is 5. The smallest absolute Gasteiger partial charge is 0.220 e. The fourth-order valence-electron chi connectivity index (χ4n) is 4.85. The summed E-state index contributed by atoms with van der Waals surface area (Å²) < 4.78 is 21.0. The number of ether oxygens (including phenoxy) is 4. The highest BCUT2D eigenvalue weighted by Crippen LogP contribution is 2.13. The van der Waals surface area contributed by atoms with E-state index >= 15 is 0 Å². The van der Waals surface area contributed by atoms with Gasteiger partial charge in [-0.25, -0.2) is 0 Å². The van der Waals surface area contributed by atoms with Gasteiger partial charge < -0.3 is 49.1 Å². The van der Waals surface area contributed by atoms with Crippen LogP contribution in [0.1, 0.15) is 116 Å². The van der Waals surface area contributed by atoms with Crippen LogP contribution in [0.25, 0.3) is 0 Å². The van der Waals surface area contributed by atoms with Crippen molar-refractivity contribution < 1.29 is 48.0 Å². The molecule has 280 valence electrons. The van der Waals surface area contributed by atoms with Crippen LogP contribution in [-0.2, 0) is 42.9 Å². The second-order valence-corrected chi connectivity index (χ2v) is 11.9. The quantitative estimate of drug-likeness (QED) is 0.0424. The Morgan fingerprint density at radius 2 is 1.12 bits per heavy atom. The van der Waals surface area contributed by atoms with Gasteiger partial charge in [0, 0.05) is 32.4 Å². The molecule has 0 fully saturated rings. The summed E-state index contributed by atoms with van der Waals surface area (Å²) in [5, 5.41) is 18.1. The van der Waals surface area contributed by atoms with Crippen LogP contribution in [0.15, 0.2) is 0 Å². The van der Waals surface area contributed by atoms with Crippen LogP contribution >= 0.6 is 0 Å². The lowest BCUT2D eigenvalue weighted by Crippen LogP contribution is -2.37. The van der Waals surface area contributed by atoms with Gasteiger partial charge in [-0.3, -0.25) is 14.9 Å². The first kappa shape index (κ1) is 45.7. The molecule has 2 amide bonds. The maximum atomic E-state index is 12.2. The summed E-state index contributed by atoms with van der Waals surface area (Å²) in [6, 6.07) is -0.676. The van der Waals surface area contributed by atoms with E-state index in [9.17, 15) is 29.1 Å². The SMILES string of the molecule is O=CCCCCCCCCCCCCCCCCC(=O)NC(C=O)CCC(=O)NCCOCCOCC(O)NCCOCCOCC=O. The minimum Gasteiger partial charge on any atom is -0.378 e. The molecule has 4 N–H and O–H groups in total. The topological polar surface area (TPSA) is 179 Å². The van der Waals surface area contributed by atoms with Crippen LogP contribution in [0.2, 0.25) is 0 Å². The van der Waals surface area contributed by atoms with Gasteiger partial charge in [0.1, 0.15) is 31.7 Å². The van der Waals surface area contributed by atoms with Crippen molar-refractivity contribution in [1.82, 2.24) is 16.0 Å². The van der Waals surface area contributed by atoms with Gasteiger partial charge in [0.2, 0.25) is 11.8 Å². The highest BCUT2D eigenvalue weighted by molar-refractivity contribution is 5.80. The van der Waals surface area contributed by atoms with Gasteiger partial charge in [-0.15, -0.1) is 0 Å². The molecule has 0 radical (unpaired) electrons. The second-order valence-electron chi connectivity index (χ2n) is 11.9. The molecule has 48 heavy (non-hydrogen) atoms. The third-order valence-corrected chi connectivity index (χ3v) is 7.57. The number of hydrogen-bond acceptors (Lipinski definition) is 11. The highest BCUT2D eigenvalue weighted by Gasteiger charge is 2.13. The lowest BCUT2D eigenvalue weighted by molar-refractivity contribution is -0.125. The number of aldehydes is 3. The van der Waals surface area contributed by atoms with E-state index < -0.39 is 12.3 Å². The second kappa shape index (κ2) is 37.5. The Morgan fingerprint density at radius 3 is 1.71 bits per heavy atom. The van der Waals surface area contributed by atoms with E-state index in [1.165, 1.54) is 64.2 Å². The van der Waals surface area contributed by atoms with Crippen LogP contribution in [0.5, 0.6) is 0 Å². The van der Waals surface area contributed by atoms with Crippen LogP contribution in [-0.4, -0.2) is 114 Å². The first-order chi connectivity index (χ1) is 23.5. The molecular formula is C35H65N3O10. The van der Waals surface area contributed by atoms with Crippen molar-refractivity contribution in [2.24, 2.45) is 0 Å². The van der Waals surface area contributed by atoms with Crippen molar-refractivity contribution in [3.05, 3.63) is 0 Å². The Balaban J connectivity index is 3.55. The van der Waals surface area contributed by atoms with Crippen LogP contribution in [0.3, 0.4) is 0 Å². The Bertz CT molecular complexity index is 775. The minimum absolute atomic E-state index is 0.0528. The summed E-state index contributed by atoms with van der Waals surface area (Å²) in [6.07, 6.45) is 19.5. The van der Waals surface area contributed by atoms with Crippen molar-refractivity contribution in [2.75, 3.05) is 65.9 Å². The van der Waals surface area contributed by atoms with Gasteiger partial charge >= 0.3 is 0 Å². The number of aliphatic hydroxyl groups excluding tert-OH is 1. The van der Waals surface area contributed by atoms with Crippen LogP contribution < -0.4 is 16.0 Å². The average Bonchev–Trinajstić information content (AvgIpc) is 3.08. The number of amides is 2. The molecule has 2 atom stereocenters. The Hall–Kier alpha value is -2.29. The van der Waals surface area contributed by atoms with Crippen molar-refractivity contribution in [2.45, 2.75) is 128 Å². The van der Waals surface area contributed by atoms with E-state index in [1.54, 1.807) is 0 Å². The Kier molecular flexibility index (Phi) is 35.7. The summed E-state index contributed by atoms with van der Waals surface area (Å²) in [5.41, 5.74) is 0. The van der Waals surface area contributed by atoms with Crippen molar-refractivity contribution in [3.63, 3.8) is 0 Å². The number of nitrogens with one attached hydrogen (secondary N) is 3. The monoisotopic (exact) mass is 687 g/mol. The van der Waals surface area contributed by atoms with E-state index in [4.69, 9.17) is 18.9 Å². The Labute approximate surface area is 288 Å². The van der Waals surface area contributed by atoms with E-state index in [0.717, 1.165) is 32.0 Å². The standard InChI is InChI=1S/C35H65N3O10/c39-21-15-13-11-9-7-5-3-1-2-4-6-8-10-12-14-16-34(43)38-32(30-41)17-18-33(42)36-19-23-46-28-29-48-31-35(44)37-20-24-45-26-27-47-25-22-40/h21-22,30,32,35,37,44H,1-20,23-29,31H2,(H,36,42)(H,38,43). The molecule has 0 aliphatic carbocycles. The molecule has 0 spiro atoms. The molecule has 0 heterocycles. The largest absolute Gasteiger partial charge is 0.378 e. The molecule has 13 heteroatoms. The molecule has 2 unspecified atom stereocenters. The van der Waals surface area contributed by atoms with E-state index in [1.807, 2.05) is 0 Å². The normalized spacial score (nSPS) is 12.4. The van der Waals surface area contributed by atoms with Crippen molar-refractivity contribution in [3.8, 4) is 0 Å². The maximum Gasteiger partial charge on any atom is 0.220 e. The van der Waals surface area contributed by atoms with Gasteiger partial charge in [-0.2, -0.15) is 0 Å². The predicted molar refractivity (Wildman–Crippen MR) is 184 cm³/mol. The molecule has 0 aliphatic heterocycles. The molecule has 0 rings (SSSR count). The van der Waals surface area contributed by atoms with Crippen molar-refractivity contribution >= 4 is 30.7 Å². The lowest BCUT2D eigenvalue weighted by Gasteiger charge is -2.14. The van der Waals surface area contributed by atoms with Gasteiger partial charge in [0.25, 0.3) is 0 Å². The molecule has 0 aromatic heterocycles. The number of rotatable bonds is 39. The number of unbranched alkanes of at least 4 members (excludes halogenated alkanes) is 14. The first-order valence-corrected chi connectivity index (χ1v) is 18.1. The minimum atomic E-state index is -0.840. The van der Waals surface area contributed by atoms with Gasteiger partial charge in [0.05, 0.1) is 52.3 Å². The number of aliphatic hydroxyl groups is 1. The zero-order valence-electron chi connectivity index (χ0n) is 29.3. The summed E-state index contributed by atoms with van der Waals surface area (Å²) in [5.74, 6) is -0.372. The number of carbonyl (C=O) groups is 5. The van der Waals surface area contributed by atoms with Crippen LogP contribution in [0, 0.1) is 0 Å². The number of hydrogen-bond donors (Lipinski definition) is 4. The molecule has 0 aliphatic rings. The van der Waals surface area contributed by atoms with E-state index in [2.05, 4.69) is 16.0 Å². The lowest BCUT2D eigenvalue weighted by atomic mass is 10.0. The van der Waals surface area contributed by atoms with Gasteiger partial charge in [-0.05, 0) is 19.3 Å². The predicted octanol–water partition coefficient (Wildman–Crippen LogP) is 3.18. The van der Waals surface area contributed by atoms with E-state index in [-0.39, 0.29) is 44.5 Å². The summed E-state index contributed by atoms with van der Waals surface area (Å²) in [7, 11) is 0. The average molecular weight is 688 g/mol. The molecule has 13 nitrogen and oxygen atoms in total. The Morgan fingerprint density at radius 1 is 0.583 bits per heavy atom. The summed E-state index contributed by atoms with van der Waals surface area (Å²) in [4.78, 5) is 56.1. The fraction of sp³-hybridized carbons (Fsp3) is 0.857. The zero-order chi connectivity index (χ0) is 35.2. The molecular weight excluding hydrogens is 622 g/mol. The summed E-state index contributed by atoms with van der Waals surface area (Å²) >= 11 is 0. The zero-order valence-corrected chi connectivity index (χ0v) is 29.3. The summed E-state index contributed by atoms with van der Waals surface area (Å²) in [6.45, 7) is 2.86. The van der Waals surface area contributed by atoms with Gasteiger partial charge in [-0.1, -0.05) is 77.0 Å². The third kappa shape index (κ3) is 35.0. The highest BCUT2D eigenvalue weighted by atomic mass is 16.5. The van der Waals surface area contributed by atoms with Gasteiger partial charge in [0.15, 0.2) is 0 Å². The first-order valence-electron chi connectivity index (χ1n) is 18.1. The molecule has 0 aromatic rings.